The lowest BCUT2D eigenvalue weighted by atomic mass is 10.0. The van der Waals surface area contributed by atoms with Gasteiger partial charge in [0.05, 0.1) is 25.1 Å². The van der Waals surface area contributed by atoms with Crippen molar-refractivity contribution in [1.29, 1.82) is 0 Å². The molecular weight excluding hydrogens is 378 g/mol. The molecule has 0 radical (unpaired) electrons. The maximum atomic E-state index is 12.8. The quantitative estimate of drug-likeness (QED) is 0.579. The van der Waals surface area contributed by atoms with Gasteiger partial charge in [-0.15, -0.1) is 0 Å². The molecule has 0 atom stereocenters. The molecule has 0 unspecified atom stereocenters. The molecule has 3 aromatic rings. The molecule has 0 amide bonds. The first-order valence-electron chi connectivity index (χ1n) is 10.1. The lowest BCUT2D eigenvalue weighted by molar-refractivity contribution is 0.0517. The van der Waals surface area contributed by atoms with Gasteiger partial charge in [-0.3, -0.25) is 0 Å². The van der Waals surface area contributed by atoms with Gasteiger partial charge in [0.1, 0.15) is 5.75 Å². The van der Waals surface area contributed by atoms with Crippen molar-refractivity contribution in [2.75, 3.05) is 13.7 Å². The van der Waals surface area contributed by atoms with Crippen LogP contribution < -0.4 is 10.1 Å². The van der Waals surface area contributed by atoms with Gasteiger partial charge in [-0.2, -0.15) is 5.10 Å². The number of esters is 1. The van der Waals surface area contributed by atoms with E-state index in [1.165, 1.54) is 0 Å². The Kier molecular flexibility index (Phi) is 6.57. The van der Waals surface area contributed by atoms with Crippen molar-refractivity contribution in [2.45, 2.75) is 39.8 Å². The number of hydrogen-bond acceptors (Lipinski definition) is 5. The van der Waals surface area contributed by atoms with Crippen LogP contribution in [0.3, 0.4) is 0 Å². The van der Waals surface area contributed by atoms with Crippen LogP contribution in [0.15, 0.2) is 54.6 Å². The van der Waals surface area contributed by atoms with Crippen molar-refractivity contribution < 1.29 is 14.3 Å². The zero-order chi connectivity index (χ0) is 21.7. The summed E-state index contributed by atoms with van der Waals surface area (Å²) >= 11 is 0. The fraction of sp³-hybridized carbons (Fsp3) is 0.333. The molecule has 1 aromatic heterocycles. The third kappa shape index (κ3) is 4.89. The molecule has 1 heterocycles. The second kappa shape index (κ2) is 9.13. The van der Waals surface area contributed by atoms with Gasteiger partial charge in [0.15, 0.2) is 5.69 Å². The predicted molar refractivity (Wildman–Crippen MR) is 118 cm³/mol. The maximum absolute atomic E-state index is 12.8. The first-order chi connectivity index (χ1) is 14.3. The van der Waals surface area contributed by atoms with Gasteiger partial charge >= 0.3 is 5.97 Å². The number of nitrogens with one attached hydrogen (secondary N) is 1. The minimum absolute atomic E-state index is 0.127. The highest BCUT2D eigenvalue weighted by Gasteiger charge is 2.26. The summed E-state index contributed by atoms with van der Waals surface area (Å²) in [5, 5.41) is 8.18. The average Bonchev–Trinajstić information content (AvgIpc) is 3.12. The summed E-state index contributed by atoms with van der Waals surface area (Å²) in [7, 11) is 1.64. The van der Waals surface area contributed by atoms with Gasteiger partial charge in [-0.25, -0.2) is 9.48 Å². The van der Waals surface area contributed by atoms with E-state index in [1.54, 1.807) is 14.0 Å². The predicted octanol–water partition coefficient (Wildman–Crippen LogP) is 4.61. The van der Waals surface area contributed by atoms with Gasteiger partial charge in [-0.1, -0.05) is 18.2 Å². The number of aromatic nitrogens is 2. The van der Waals surface area contributed by atoms with Crippen LogP contribution in [0.4, 0.5) is 0 Å². The van der Waals surface area contributed by atoms with Crippen LogP contribution in [0.1, 0.15) is 43.7 Å². The van der Waals surface area contributed by atoms with Crippen LogP contribution in [-0.4, -0.2) is 35.0 Å². The molecule has 0 saturated carbocycles. The van der Waals surface area contributed by atoms with Gasteiger partial charge in [0.25, 0.3) is 0 Å². The fourth-order valence-electron chi connectivity index (χ4n) is 3.14. The molecule has 0 fully saturated rings. The Morgan fingerprint density at radius 1 is 1.07 bits per heavy atom. The zero-order valence-corrected chi connectivity index (χ0v) is 18.2. The van der Waals surface area contributed by atoms with E-state index in [1.807, 2.05) is 59.3 Å². The largest absolute Gasteiger partial charge is 0.497 e. The normalized spacial score (nSPS) is 11.4. The third-order valence-corrected chi connectivity index (χ3v) is 4.61. The highest BCUT2D eigenvalue weighted by Crippen LogP contribution is 2.31. The maximum Gasteiger partial charge on any atom is 0.359 e. The number of hydrogen-bond donors (Lipinski definition) is 1. The van der Waals surface area contributed by atoms with Gasteiger partial charge in [0, 0.05) is 23.2 Å². The monoisotopic (exact) mass is 407 g/mol. The topological polar surface area (TPSA) is 65.4 Å². The molecule has 0 saturated heterocycles. The smallest absolute Gasteiger partial charge is 0.359 e. The molecule has 0 bridgehead atoms. The number of methoxy groups -OCH3 is 1. The number of ether oxygens (including phenoxy) is 2. The summed E-state index contributed by atoms with van der Waals surface area (Å²) in [6.45, 7) is 8.83. The van der Waals surface area contributed by atoms with E-state index in [0.717, 1.165) is 28.3 Å². The van der Waals surface area contributed by atoms with E-state index in [2.05, 4.69) is 31.2 Å². The number of rotatable bonds is 7. The van der Waals surface area contributed by atoms with E-state index >= 15 is 0 Å². The molecule has 0 spiro atoms. The molecule has 2 aromatic carbocycles. The lowest BCUT2D eigenvalue weighted by Gasteiger charge is -2.21. The number of benzene rings is 2. The summed E-state index contributed by atoms with van der Waals surface area (Å²) in [6.07, 6.45) is 0. The Balaban J connectivity index is 2.23. The molecule has 1 N–H and O–H groups in total. The number of nitrogens with zero attached hydrogens (tertiary/aromatic N) is 2. The Labute approximate surface area is 177 Å². The average molecular weight is 408 g/mol. The van der Waals surface area contributed by atoms with E-state index < -0.39 is 5.97 Å². The SMILES string of the molecule is CCOC(=O)c1nn(-c2ccccc2)c(-c2ccc(OC)cc2)c1CNC(C)(C)C. The zero-order valence-electron chi connectivity index (χ0n) is 18.2. The minimum atomic E-state index is -0.423. The first kappa shape index (κ1) is 21.6. The number of carbonyl (C=O) groups is 1. The standard InChI is InChI=1S/C24H29N3O3/c1-6-30-23(28)21-20(16-25-24(2,3)4)22(17-12-14-19(29-5)15-13-17)27(26-21)18-10-8-7-9-11-18/h7-15,25H,6,16H2,1-5H3. The lowest BCUT2D eigenvalue weighted by Crippen LogP contribution is -2.35. The molecule has 6 heteroatoms. The van der Waals surface area contributed by atoms with E-state index in [4.69, 9.17) is 9.47 Å². The van der Waals surface area contributed by atoms with Crippen LogP contribution in [0.5, 0.6) is 5.75 Å². The fourth-order valence-corrected chi connectivity index (χ4v) is 3.14. The number of para-hydroxylation sites is 1. The van der Waals surface area contributed by atoms with Crippen LogP contribution in [0, 0.1) is 0 Å². The molecule has 0 aliphatic carbocycles. The van der Waals surface area contributed by atoms with Crippen LogP contribution >= 0.6 is 0 Å². The molecule has 158 valence electrons. The molecule has 0 aliphatic heterocycles. The molecular formula is C24H29N3O3. The molecule has 30 heavy (non-hydrogen) atoms. The van der Waals surface area contributed by atoms with Crippen molar-refractivity contribution in [2.24, 2.45) is 0 Å². The highest BCUT2D eigenvalue weighted by atomic mass is 16.5. The molecule has 3 rings (SSSR count). The van der Waals surface area contributed by atoms with Crippen molar-refractivity contribution in [3.63, 3.8) is 0 Å². The van der Waals surface area contributed by atoms with Gasteiger partial charge in [-0.05, 0) is 64.1 Å². The summed E-state index contributed by atoms with van der Waals surface area (Å²) in [4.78, 5) is 12.8. The van der Waals surface area contributed by atoms with Gasteiger partial charge < -0.3 is 14.8 Å². The number of carbonyl (C=O) groups excluding carboxylic acids is 1. The second-order valence-corrected chi connectivity index (χ2v) is 7.98. The van der Waals surface area contributed by atoms with Crippen LogP contribution in [0.25, 0.3) is 16.9 Å². The first-order valence-corrected chi connectivity index (χ1v) is 10.1. The van der Waals surface area contributed by atoms with E-state index in [9.17, 15) is 4.79 Å². The Bertz CT molecular complexity index is 987. The van der Waals surface area contributed by atoms with E-state index in [0.29, 0.717) is 18.8 Å². The van der Waals surface area contributed by atoms with E-state index in [-0.39, 0.29) is 5.54 Å². The molecule has 0 aliphatic rings. The summed E-state index contributed by atoms with van der Waals surface area (Å²) in [5.41, 5.74) is 3.66. The van der Waals surface area contributed by atoms with Crippen molar-refractivity contribution in [1.82, 2.24) is 15.1 Å². The molecule has 6 nitrogen and oxygen atoms in total. The van der Waals surface area contributed by atoms with Crippen molar-refractivity contribution >= 4 is 5.97 Å². The Hall–Kier alpha value is -3.12. The Morgan fingerprint density at radius 2 is 1.73 bits per heavy atom. The second-order valence-electron chi connectivity index (χ2n) is 7.98. The minimum Gasteiger partial charge on any atom is -0.497 e. The summed E-state index contributed by atoms with van der Waals surface area (Å²) < 4.78 is 12.4. The Morgan fingerprint density at radius 3 is 2.30 bits per heavy atom. The van der Waals surface area contributed by atoms with Gasteiger partial charge in [0.2, 0.25) is 0 Å². The van der Waals surface area contributed by atoms with Crippen molar-refractivity contribution in [3.05, 3.63) is 65.9 Å². The highest BCUT2D eigenvalue weighted by molar-refractivity contribution is 5.91. The van der Waals surface area contributed by atoms with Crippen LogP contribution in [0.2, 0.25) is 0 Å². The van der Waals surface area contributed by atoms with Crippen LogP contribution in [-0.2, 0) is 11.3 Å². The summed E-state index contributed by atoms with van der Waals surface area (Å²) in [6, 6.07) is 17.6. The van der Waals surface area contributed by atoms with Crippen molar-refractivity contribution in [3.8, 4) is 22.7 Å². The summed E-state index contributed by atoms with van der Waals surface area (Å²) in [5.74, 6) is 0.345. The third-order valence-electron chi connectivity index (χ3n) is 4.61.